The summed E-state index contributed by atoms with van der Waals surface area (Å²) in [4.78, 5) is 12.4. The molecule has 0 bridgehead atoms. The van der Waals surface area contributed by atoms with Crippen LogP contribution in [0, 0.1) is 0 Å². The number of carbonyl (C=O) groups excluding carboxylic acids is 1. The Morgan fingerprint density at radius 1 is 0.857 bits per heavy atom. The average Bonchev–Trinajstić information content (AvgIpc) is 2.47. The summed E-state index contributed by atoms with van der Waals surface area (Å²) in [6, 6.07) is 12.9. The zero-order valence-corrected chi connectivity index (χ0v) is 14.3. The molecule has 0 saturated carbocycles. The van der Waals surface area contributed by atoms with Crippen LogP contribution in [0.1, 0.15) is 21.3 Å². The summed E-state index contributed by atoms with van der Waals surface area (Å²) in [7, 11) is 0. The van der Waals surface area contributed by atoms with Crippen molar-refractivity contribution in [1.82, 2.24) is 0 Å². The molecular weight excluding hydrogens is 373 g/mol. The molecule has 0 heterocycles. The molecule has 0 radical (unpaired) electrons. The lowest BCUT2D eigenvalue weighted by Gasteiger charge is -2.24. The highest BCUT2D eigenvalue weighted by molar-refractivity contribution is 6.63. The van der Waals surface area contributed by atoms with E-state index in [1.807, 2.05) is 0 Å². The van der Waals surface area contributed by atoms with Gasteiger partial charge >= 0.3 is 0 Å². The molecule has 0 aromatic heterocycles. The molecular formula is C15H9Cl5O. The maximum atomic E-state index is 12.4. The third kappa shape index (κ3) is 3.85. The number of alkyl halides is 3. The molecule has 2 aromatic carbocycles. The summed E-state index contributed by atoms with van der Waals surface area (Å²) >= 11 is 30.3. The van der Waals surface area contributed by atoms with Crippen molar-refractivity contribution in [2.45, 2.75) is 9.71 Å². The van der Waals surface area contributed by atoms with E-state index in [1.54, 1.807) is 48.5 Å². The maximum absolute atomic E-state index is 12.4. The molecule has 0 aliphatic carbocycles. The number of halogens is 5. The Hall–Kier alpha value is -0.440. The summed E-state index contributed by atoms with van der Waals surface area (Å²) in [6.07, 6.45) is 0. The maximum Gasteiger partial charge on any atom is 0.200 e. The monoisotopic (exact) mass is 380 g/mol. The topological polar surface area (TPSA) is 17.1 Å². The Kier molecular flexibility index (Phi) is 5.45. The smallest absolute Gasteiger partial charge is 0.200 e. The van der Waals surface area contributed by atoms with Gasteiger partial charge < -0.3 is 0 Å². The van der Waals surface area contributed by atoms with Crippen LogP contribution in [0.4, 0.5) is 0 Å². The summed E-state index contributed by atoms with van der Waals surface area (Å²) < 4.78 is -1.80. The van der Waals surface area contributed by atoms with Gasteiger partial charge in [-0.15, -0.1) is 11.6 Å². The largest absolute Gasteiger partial charge is 0.291 e. The van der Waals surface area contributed by atoms with Gasteiger partial charge in [0, 0.05) is 15.6 Å². The Morgan fingerprint density at radius 3 is 1.76 bits per heavy atom. The van der Waals surface area contributed by atoms with Gasteiger partial charge in [-0.3, -0.25) is 4.79 Å². The van der Waals surface area contributed by atoms with E-state index < -0.39 is 15.5 Å². The number of carbonyl (C=O) groups is 1. The molecule has 0 unspecified atom stereocenters. The minimum Gasteiger partial charge on any atom is -0.291 e. The molecule has 0 amide bonds. The van der Waals surface area contributed by atoms with Crippen LogP contribution in [0.15, 0.2) is 48.5 Å². The van der Waals surface area contributed by atoms with Gasteiger partial charge in [0.1, 0.15) is 0 Å². The number of ketones is 1. The van der Waals surface area contributed by atoms with Gasteiger partial charge in [0.15, 0.2) is 0 Å². The van der Waals surface area contributed by atoms with Crippen molar-refractivity contribution in [3.63, 3.8) is 0 Å². The Bertz CT molecular complexity index is 634. The van der Waals surface area contributed by atoms with Crippen molar-refractivity contribution < 1.29 is 4.79 Å². The zero-order valence-electron chi connectivity index (χ0n) is 10.5. The predicted octanol–water partition coefficient (Wildman–Crippen LogP) is 6.33. The van der Waals surface area contributed by atoms with Gasteiger partial charge in [0.2, 0.25) is 10.1 Å². The van der Waals surface area contributed by atoms with Gasteiger partial charge in [-0.1, -0.05) is 58.5 Å². The van der Waals surface area contributed by atoms with Crippen LogP contribution < -0.4 is 0 Å². The predicted molar refractivity (Wildman–Crippen MR) is 90.3 cm³/mol. The Balaban J connectivity index is 2.29. The molecule has 0 aliphatic rings. The third-order valence-corrected chi connectivity index (χ3v) is 4.98. The van der Waals surface area contributed by atoms with Crippen LogP contribution >= 0.6 is 58.0 Å². The van der Waals surface area contributed by atoms with E-state index in [2.05, 4.69) is 0 Å². The lowest BCUT2D eigenvalue weighted by atomic mass is 10.0. The first kappa shape index (κ1) is 16.9. The van der Waals surface area contributed by atoms with Gasteiger partial charge in [-0.05, 0) is 42.0 Å². The standard InChI is InChI=1S/C15H9Cl5O/c16-11-5-1-9(2-6-11)13(18)15(19,20)14(21)10-3-7-12(17)8-4-10/h1-8,13H/t13-/m0/s1. The molecule has 110 valence electrons. The van der Waals surface area contributed by atoms with E-state index in [-0.39, 0.29) is 0 Å². The first-order valence-electron chi connectivity index (χ1n) is 5.90. The lowest BCUT2D eigenvalue weighted by molar-refractivity contribution is 0.0970. The minimum absolute atomic E-state index is 0.337. The molecule has 0 aliphatic heterocycles. The second kappa shape index (κ2) is 6.76. The number of hydrogen-bond acceptors (Lipinski definition) is 1. The van der Waals surface area contributed by atoms with E-state index in [0.29, 0.717) is 21.2 Å². The summed E-state index contributed by atoms with van der Waals surface area (Å²) in [5, 5.41) is 0.157. The highest BCUT2D eigenvalue weighted by Gasteiger charge is 2.42. The first-order chi connectivity index (χ1) is 9.82. The molecule has 2 aromatic rings. The van der Waals surface area contributed by atoms with Crippen molar-refractivity contribution in [1.29, 1.82) is 0 Å². The number of benzene rings is 2. The highest BCUT2D eigenvalue weighted by Crippen LogP contribution is 2.43. The van der Waals surface area contributed by atoms with Crippen LogP contribution in [0.5, 0.6) is 0 Å². The summed E-state index contributed by atoms with van der Waals surface area (Å²) in [6.45, 7) is 0. The fraction of sp³-hybridized carbons (Fsp3) is 0.133. The van der Waals surface area contributed by atoms with Crippen LogP contribution in [-0.4, -0.2) is 10.1 Å². The molecule has 1 nitrogen and oxygen atoms in total. The molecule has 2 rings (SSSR count). The van der Waals surface area contributed by atoms with Gasteiger partial charge in [-0.2, -0.15) is 0 Å². The normalized spacial score (nSPS) is 13.0. The fourth-order valence-corrected chi connectivity index (χ4v) is 2.72. The molecule has 0 saturated heterocycles. The van der Waals surface area contributed by atoms with Crippen LogP contribution in [-0.2, 0) is 0 Å². The fourth-order valence-electron chi connectivity index (χ4n) is 1.75. The van der Waals surface area contributed by atoms with Crippen molar-refractivity contribution in [2.75, 3.05) is 0 Å². The Labute approximate surface area is 147 Å². The van der Waals surface area contributed by atoms with Gasteiger partial charge in [-0.25, -0.2) is 0 Å². The highest BCUT2D eigenvalue weighted by atomic mass is 35.5. The molecule has 0 N–H and O–H groups in total. The lowest BCUT2D eigenvalue weighted by Crippen LogP contribution is -2.31. The molecule has 1 atom stereocenters. The van der Waals surface area contributed by atoms with Crippen molar-refractivity contribution in [3.8, 4) is 0 Å². The first-order valence-corrected chi connectivity index (χ1v) is 7.85. The number of rotatable bonds is 4. The van der Waals surface area contributed by atoms with Crippen LogP contribution in [0.2, 0.25) is 10.0 Å². The second-order valence-corrected chi connectivity index (χ2v) is 7.07. The van der Waals surface area contributed by atoms with E-state index in [4.69, 9.17) is 58.0 Å². The molecule has 6 heteroatoms. The van der Waals surface area contributed by atoms with Gasteiger partial charge in [0.25, 0.3) is 0 Å². The summed E-state index contributed by atoms with van der Waals surface area (Å²) in [5.41, 5.74) is 0.942. The third-order valence-electron chi connectivity index (χ3n) is 2.89. The number of Topliss-reactive ketones (excluding diaryl/α,β-unsaturated/α-hetero) is 1. The van der Waals surface area contributed by atoms with E-state index >= 15 is 0 Å². The SMILES string of the molecule is O=C(c1ccc(Cl)cc1)C(Cl)(Cl)[C@@H](Cl)c1ccc(Cl)cc1. The molecule has 0 spiro atoms. The Morgan fingerprint density at radius 2 is 1.29 bits per heavy atom. The van der Waals surface area contributed by atoms with Crippen molar-refractivity contribution >= 4 is 63.8 Å². The second-order valence-electron chi connectivity index (χ2n) is 4.37. The van der Waals surface area contributed by atoms with E-state index in [0.717, 1.165) is 0 Å². The van der Waals surface area contributed by atoms with Gasteiger partial charge in [0.05, 0.1) is 5.38 Å². The van der Waals surface area contributed by atoms with Crippen LogP contribution in [0.25, 0.3) is 0 Å². The van der Waals surface area contributed by atoms with Crippen LogP contribution in [0.3, 0.4) is 0 Å². The van der Waals surface area contributed by atoms with E-state index in [9.17, 15) is 4.79 Å². The van der Waals surface area contributed by atoms with Crippen molar-refractivity contribution in [3.05, 3.63) is 69.7 Å². The average molecular weight is 383 g/mol. The zero-order chi connectivity index (χ0) is 15.6. The molecule has 0 fully saturated rings. The quantitative estimate of drug-likeness (QED) is 0.446. The van der Waals surface area contributed by atoms with E-state index in [1.165, 1.54) is 0 Å². The van der Waals surface area contributed by atoms with Crippen molar-refractivity contribution in [2.24, 2.45) is 0 Å². The number of hydrogen-bond donors (Lipinski definition) is 0. The molecule has 21 heavy (non-hydrogen) atoms. The summed E-state index contributed by atoms with van der Waals surface area (Å²) in [5.74, 6) is -0.488. The minimum atomic E-state index is -1.80.